The quantitative estimate of drug-likeness (QED) is 0.493. The SMILES string of the molecule is CC(/C=C/c1ccc2c(c1)OCO2)=N\NC(N)=S. The van der Waals surface area contributed by atoms with Gasteiger partial charge in [0.1, 0.15) is 0 Å². The largest absolute Gasteiger partial charge is 0.454 e. The van der Waals surface area contributed by atoms with E-state index in [9.17, 15) is 0 Å². The van der Waals surface area contributed by atoms with E-state index in [2.05, 4.69) is 22.7 Å². The van der Waals surface area contributed by atoms with Gasteiger partial charge >= 0.3 is 0 Å². The first kappa shape index (κ1) is 12.4. The normalized spacial score (nSPS) is 13.9. The topological polar surface area (TPSA) is 68.9 Å². The summed E-state index contributed by atoms with van der Waals surface area (Å²) in [7, 11) is 0. The summed E-state index contributed by atoms with van der Waals surface area (Å²) in [6.07, 6.45) is 3.77. The molecule has 0 aromatic heterocycles. The first-order valence-electron chi connectivity index (χ1n) is 5.32. The fourth-order valence-corrected chi connectivity index (χ4v) is 1.46. The monoisotopic (exact) mass is 263 g/mol. The molecule has 0 aliphatic carbocycles. The van der Waals surface area contributed by atoms with Gasteiger partial charge in [0.15, 0.2) is 16.6 Å². The Bertz CT molecular complexity index is 526. The van der Waals surface area contributed by atoms with E-state index >= 15 is 0 Å². The summed E-state index contributed by atoms with van der Waals surface area (Å²) in [4.78, 5) is 0. The Morgan fingerprint density at radius 2 is 2.22 bits per heavy atom. The van der Waals surface area contributed by atoms with Gasteiger partial charge in [0.2, 0.25) is 6.79 Å². The van der Waals surface area contributed by atoms with Crippen LogP contribution in [0, 0.1) is 0 Å². The zero-order valence-electron chi connectivity index (χ0n) is 9.84. The Morgan fingerprint density at radius 1 is 1.44 bits per heavy atom. The number of hydrogen-bond acceptors (Lipinski definition) is 4. The fraction of sp³-hybridized carbons (Fsp3) is 0.167. The molecule has 0 radical (unpaired) electrons. The van der Waals surface area contributed by atoms with Crippen LogP contribution in [0.5, 0.6) is 11.5 Å². The van der Waals surface area contributed by atoms with E-state index in [1.54, 1.807) is 0 Å². The summed E-state index contributed by atoms with van der Waals surface area (Å²) >= 11 is 4.65. The summed E-state index contributed by atoms with van der Waals surface area (Å²) in [5.74, 6) is 1.53. The van der Waals surface area contributed by atoms with Gasteiger partial charge < -0.3 is 15.2 Å². The highest BCUT2D eigenvalue weighted by molar-refractivity contribution is 7.80. The van der Waals surface area contributed by atoms with Gasteiger partial charge in [0, 0.05) is 0 Å². The second-order valence-electron chi connectivity index (χ2n) is 3.68. The van der Waals surface area contributed by atoms with Gasteiger partial charge in [-0.1, -0.05) is 12.1 Å². The number of nitrogens with two attached hydrogens (primary N) is 1. The number of ether oxygens (including phenoxy) is 2. The van der Waals surface area contributed by atoms with Gasteiger partial charge in [-0.3, -0.25) is 5.43 Å². The van der Waals surface area contributed by atoms with Gasteiger partial charge in [-0.2, -0.15) is 5.10 Å². The van der Waals surface area contributed by atoms with Crippen molar-refractivity contribution >= 4 is 29.1 Å². The summed E-state index contributed by atoms with van der Waals surface area (Å²) in [6, 6.07) is 5.73. The Morgan fingerprint density at radius 3 is 3.00 bits per heavy atom. The van der Waals surface area contributed by atoms with Crippen LogP contribution in [0.2, 0.25) is 0 Å². The third kappa shape index (κ3) is 3.21. The lowest BCUT2D eigenvalue weighted by Gasteiger charge is -1.98. The van der Waals surface area contributed by atoms with E-state index in [1.165, 1.54) is 0 Å². The van der Waals surface area contributed by atoms with Gasteiger partial charge in [-0.15, -0.1) is 0 Å². The van der Waals surface area contributed by atoms with Crippen LogP contribution in [0.15, 0.2) is 29.4 Å². The minimum atomic E-state index is 0.144. The van der Waals surface area contributed by atoms with Crippen molar-refractivity contribution in [3.63, 3.8) is 0 Å². The summed E-state index contributed by atoms with van der Waals surface area (Å²) in [5.41, 5.74) is 9.56. The van der Waals surface area contributed by atoms with Gasteiger partial charge in [0.05, 0.1) is 5.71 Å². The molecule has 0 bridgehead atoms. The van der Waals surface area contributed by atoms with Crippen LogP contribution in [0.3, 0.4) is 0 Å². The van der Waals surface area contributed by atoms with Crippen molar-refractivity contribution < 1.29 is 9.47 Å². The Balaban J connectivity index is 2.05. The molecule has 5 nitrogen and oxygen atoms in total. The third-order valence-corrected chi connectivity index (χ3v) is 2.35. The van der Waals surface area contributed by atoms with E-state index in [4.69, 9.17) is 15.2 Å². The number of benzene rings is 1. The molecule has 1 aromatic carbocycles. The lowest BCUT2D eigenvalue weighted by molar-refractivity contribution is 0.174. The molecular weight excluding hydrogens is 250 g/mol. The zero-order chi connectivity index (χ0) is 13.0. The van der Waals surface area contributed by atoms with Gasteiger partial charge in [-0.05, 0) is 42.9 Å². The van der Waals surface area contributed by atoms with Crippen LogP contribution in [-0.2, 0) is 0 Å². The zero-order valence-corrected chi connectivity index (χ0v) is 10.7. The maximum absolute atomic E-state index is 5.29. The minimum absolute atomic E-state index is 0.144. The minimum Gasteiger partial charge on any atom is -0.454 e. The molecule has 1 aromatic rings. The third-order valence-electron chi connectivity index (χ3n) is 2.26. The average Bonchev–Trinajstić information content (AvgIpc) is 2.81. The first-order valence-corrected chi connectivity index (χ1v) is 5.73. The molecule has 0 fully saturated rings. The van der Waals surface area contributed by atoms with Crippen LogP contribution in [0.1, 0.15) is 12.5 Å². The number of fused-ring (bicyclic) bond motifs is 1. The van der Waals surface area contributed by atoms with Gasteiger partial charge in [-0.25, -0.2) is 0 Å². The second-order valence-corrected chi connectivity index (χ2v) is 4.12. The predicted octanol–water partition coefficient (Wildman–Crippen LogP) is 1.64. The molecule has 1 heterocycles. The molecule has 0 saturated heterocycles. The average molecular weight is 263 g/mol. The van der Waals surface area contributed by atoms with E-state index in [-0.39, 0.29) is 11.9 Å². The molecule has 0 saturated carbocycles. The van der Waals surface area contributed by atoms with Crippen molar-refractivity contribution in [2.75, 3.05) is 6.79 Å². The molecule has 18 heavy (non-hydrogen) atoms. The van der Waals surface area contributed by atoms with Crippen LogP contribution < -0.4 is 20.6 Å². The van der Waals surface area contributed by atoms with Crippen molar-refractivity contribution in [2.24, 2.45) is 10.8 Å². The molecule has 2 rings (SSSR count). The van der Waals surface area contributed by atoms with E-state index in [1.807, 2.05) is 37.3 Å². The van der Waals surface area contributed by atoms with Crippen LogP contribution >= 0.6 is 12.2 Å². The van der Waals surface area contributed by atoms with Crippen molar-refractivity contribution in [3.05, 3.63) is 29.8 Å². The lowest BCUT2D eigenvalue weighted by Crippen LogP contribution is -2.24. The molecule has 6 heteroatoms. The lowest BCUT2D eigenvalue weighted by atomic mass is 10.2. The predicted molar refractivity (Wildman–Crippen MR) is 74.6 cm³/mol. The molecule has 0 amide bonds. The Kier molecular flexibility index (Phi) is 3.78. The summed E-state index contributed by atoms with van der Waals surface area (Å²) in [5, 5.41) is 4.11. The van der Waals surface area contributed by atoms with Crippen LogP contribution in [0.4, 0.5) is 0 Å². The standard InChI is InChI=1S/C12H13N3O2S/c1-8(14-15-12(13)18)2-3-9-4-5-10-11(6-9)17-7-16-10/h2-6H,7H2,1H3,(H3,13,15,18)/b3-2+,14-8+. The fourth-order valence-electron chi connectivity index (χ4n) is 1.41. The molecule has 0 spiro atoms. The van der Waals surface area contributed by atoms with E-state index in [0.717, 1.165) is 22.8 Å². The number of hydrogen-bond donors (Lipinski definition) is 2. The number of thiocarbonyl (C=S) groups is 1. The van der Waals surface area contributed by atoms with Crippen molar-refractivity contribution in [1.29, 1.82) is 0 Å². The van der Waals surface area contributed by atoms with Crippen molar-refractivity contribution in [1.82, 2.24) is 5.43 Å². The molecule has 0 unspecified atom stereocenters. The number of rotatable bonds is 3. The molecule has 0 atom stereocenters. The van der Waals surface area contributed by atoms with Crippen molar-refractivity contribution in [2.45, 2.75) is 6.92 Å². The number of allylic oxidation sites excluding steroid dienone is 1. The summed E-state index contributed by atoms with van der Waals surface area (Å²) in [6.45, 7) is 2.12. The Hall–Kier alpha value is -2.08. The van der Waals surface area contributed by atoms with Gasteiger partial charge in [0.25, 0.3) is 0 Å². The van der Waals surface area contributed by atoms with E-state index in [0.29, 0.717) is 0 Å². The first-order chi connectivity index (χ1) is 8.65. The maximum Gasteiger partial charge on any atom is 0.231 e. The van der Waals surface area contributed by atoms with Crippen molar-refractivity contribution in [3.8, 4) is 11.5 Å². The van der Waals surface area contributed by atoms with Crippen LogP contribution in [-0.4, -0.2) is 17.6 Å². The highest BCUT2D eigenvalue weighted by Crippen LogP contribution is 2.32. The number of hydrazone groups is 1. The number of nitrogens with one attached hydrogen (secondary N) is 1. The molecular formula is C12H13N3O2S. The molecule has 1 aliphatic heterocycles. The second kappa shape index (κ2) is 5.50. The maximum atomic E-state index is 5.29. The smallest absolute Gasteiger partial charge is 0.231 e. The summed E-state index contributed by atoms with van der Waals surface area (Å²) < 4.78 is 10.5. The highest BCUT2D eigenvalue weighted by Gasteiger charge is 2.11. The highest BCUT2D eigenvalue weighted by atomic mass is 32.1. The Labute approximate surface area is 110 Å². The number of nitrogens with zero attached hydrogens (tertiary/aromatic N) is 1. The molecule has 94 valence electrons. The van der Waals surface area contributed by atoms with E-state index < -0.39 is 0 Å². The molecule has 3 N–H and O–H groups in total. The van der Waals surface area contributed by atoms with Crippen LogP contribution in [0.25, 0.3) is 6.08 Å². The molecule has 1 aliphatic rings.